The Hall–Kier alpha value is -2.09. The third-order valence-electron chi connectivity index (χ3n) is 4.14. The summed E-state index contributed by atoms with van der Waals surface area (Å²) in [4.78, 5) is 12.4. The maximum atomic E-state index is 12.6. The quantitative estimate of drug-likeness (QED) is 0.817. The lowest BCUT2D eigenvalue weighted by atomic mass is 10.1. The zero-order valence-corrected chi connectivity index (χ0v) is 15.7. The summed E-state index contributed by atoms with van der Waals surface area (Å²) in [5.74, 6) is -0.318. The summed E-state index contributed by atoms with van der Waals surface area (Å²) in [5, 5.41) is 2.17. The molecular weight excluding hydrogens is 374 g/mol. The van der Waals surface area contributed by atoms with Crippen LogP contribution in [0.4, 0.5) is 5.69 Å². The molecule has 1 amide bonds. The number of para-hydroxylation sites is 1. The topological polar surface area (TPSA) is 78.5 Å². The highest BCUT2D eigenvalue weighted by Gasteiger charge is 2.19. The number of nitrogens with one attached hydrogen (secondary N) is 2. The van der Waals surface area contributed by atoms with E-state index in [0.717, 1.165) is 32.4 Å². The SMILES string of the molecule is O=C(NN1CCCCC1)c1cccc(S(=O)(=O)Nc2ccccc2Cl)c1. The van der Waals surface area contributed by atoms with E-state index in [1.165, 1.54) is 12.1 Å². The van der Waals surface area contributed by atoms with Crippen LogP contribution in [0.1, 0.15) is 29.6 Å². The molecule has 0 atom stereocenters. The number of hydrazine groups is 1. The molecule has 1 heterocycles. The van der Waals surface area contributed by atoms with Crippen LogP contribution in [0.25, 0.3) is 0 Å². The highest BCUT2D eigenvalue weighted by Crippen LogP contribution is 2.24. The van der Waals surface area contributed by atoms with E-state index in [9.17, 15) is 13.2 Å². The molecule has 0 aromatic heterocycles. The van der Waals surface area contributed by atoms with Gasteiger partial charge < -0.3 is 0 Å². The van der Waals surface area contributed by atoms with E-state index in [1.54, 1.807) is 36.4 Å². The molecule has 3 rings (SSSR count). The van der Waals surface area contributed by atoms with Crippen LogP contribution in [-0.2, 0) is 10.0 Å². The average molecular weight is 394 g/mol. The van der Waals surface area contributed by atoms with Gasteiger partial charge in [0.05, 0.1) is 15.6 Å². The number of amides is 1. The third-order valence-corrected chi connectivity index (χ3v) is 5.83. The van der Waals surface area contributed by atoms with Crippen LogP contribution in [0.2, 0.25) is 5.02 Å². The van der Waals surface area contributed by atoms with Gasteiger partial charge in [0.25, 0.3) is 15.9 Å². The standard InChI is InChI=1S/C18H20ClN3O3S/c19-16-9-2-3-10-17(16)21-26(24,25)15-8-6-7-14(13-15)18(23)20-22-11-4-1-5-12-22/h2-3,6-10,13,21H,1,4-5,11-12H2,(H,20,23). The first-order valence-corrected chi connectivity index (χ1v) is 10.3. The molecule has 1 fully saturated rings. The van der Waals surface area contributed by atoms with E-state index in [1.807, 2.05) is 5.01 Å². The highest BCUT2D eigenvalue weighted by molar-refractivity contribution is 7.92. The summed E-state index contributed by atoms with van der Waals surface area (Å²) in [5.41, 5.74) is 3.41. The summed E-state index contributed by atoms with van der Waals surface area (Å²) in [6.45, 7) is 1.61. The minimum absolute atomic E-state index is 0.00344. The normalized spacial score (nSPS) is 15.4. The second kappa shape index (κ2) is 8.07. The summed E-state index contributed by atoms with van der Waals surface area (Å²) in [7, 11) is -3.85. The second-order valence-electron chi connectivity index (χ2n) is 6.10. The van der Waals surface area contributed by atoms with Gasteiger partial charge in [-0.25, -0.2) is 13.4 Å². The van der Waals surface area contributed by atoms with Crippen molar-refractivity contribution in [2.75, 3.05) is 17.8 Å². The summed E-state index contributed by atoms with van der Waals surface area (Å²) < 4.78 is 27.7. The fourth-order valence-electron chi connectivity index (χ4n) is 2.77. The second-order valence-corrected chi connectivity index (χ2v) is 8.19. The number of piperidine rings is 1. The molecule has 0 radical (unpaired) electrons. The first-order chi connectivity index (χ1) is 12.5. The number of rotatable bonds is 5. The molecule has 26 heavy (non-hydrogen) atoms. The van der Waals surface area contributed by atoms with E-state index in [0.29, 0.717) is 5.02 Å². The molecule has 2 aromatic rings. The summed E-state index contributed by atoms with van der Waals surface area (Å²) in [6.07, 6.45) is 3.24. The van der Waals surface area contributed by atoms with Gasteiger partial charge in [-0.2, -0.15) is 0 Å². The molecule has 0 bridgehead atoms. The fourth-order valence-corrected chi connectivity index (χ4v) is 4.13. The van der Waals surface area contributed by atoms with Gasteiger partial charge in [-0.3, -0.25) is 14.9 Å². The van der Waals surface area contributed by atoms with Crippen LogP contribution in [0.5, 0.6) is 0 Å². The van der Waals surface area contributed by atoms with Gasteiger partial charge in [0, 0.05) is 18.7 Å². The minimum atomic E-state index is -3.85. The van der Waals surface area contributed by atoms with E-state index < -0.39 is 10.0 Å². The van der Waals surface area contributed by atoms with Crippen LogP contribution in [0.3, 0.4) is 0 Å². The Bertz CT molecular complexity index is 896. The Balaban J connectivity index is 1.77. The number of carbonyl (C=O) groups is 1. The van der Waals surface area contributed by atoms with Gasteiger partial charge in [-0.15, -0.1) is 0 Å². The number of benzene rings is 2. The predicted molar refractivity (Wildman–Crippen MR) is 102 cm³/mol. The zero-order chi connectivity index (χ0) is 18.6. The maximum Gasteiger partial charge on any atom is 0.265 e. The molecule has 0 spiro atoms. The average Bonchev–Trinajstić information content (AvgIpc) is 2.64. The van der Waals surface area contributed by atoms with Gasteiger partial charge in [-0.05, 0) is 43.2 Å². The van der Waals surface area contributed by atoms with Crippen molar-refractivity contribution < 1.29 is 13.2 Å². The molecule has 8 heteroatoms. The van der Waals surface area contributed by atoms with Crippen molar-refractivity contribution in [2.45, 2.75) is 24.2 Å². The summed E-state index contributed by atoms with van der Waals surface area (Å²) >= 11 is 6.01. The van der Waals surface area contributed by atoms with E-state index in [4.69, 9.17) is 11.6 Å². The third kappa shape index (κ3) is 4.55. The van der Waals surface area contributed by atoms with Crippen LogP contribution in [0, 0.1) is 0 Å². The molecule has 6 nitrogen and oxygen atoms in total. The van der Waals surface area contributed by atoms with Crippen molar-refractivity contribution in [1.29, 1.82) is 0 Å². The lowest BCUT2D eigenvalue weighted by Gasteiger charge is -2.26. The molecule has 0 saturated carbocycles. The Labute approximate surface area is 158 Å². The number of sulfonamides is 1. The van der Waals surface area contributed by atoms with Crippen molar-refractivity contribution in [3.63, 3.8) is 0 Å². The van der Waals surface area contributed by atoms with Crippen LogP contribution < -0.4 is 10.1 Å². The van der Waals surface area contributed by atoms with E-state index in [2.05, 4.69) is 10.1 Å². The molecular formula is C18H20ClN3O3S. The molecule has 138 valence electrons. The minimum Gasteiger partial charge on any atom is -0.285 e. The molecule has 2 aromatic carbocycles. The predicted octanol–water partition coefficient (Wildman–Crippen LogP) is 3.27. The number of nitrogens with zero attached hydrogens (tertiary/aromatic N) is 1. The van der Waals surface area contributed by atoms with Crippen LogP contribution in [-0.4, -0.2) is 32.4 Å². The molecule has 2 N–H and O–H groups in total. The smallest absolute Gasteiger partial charge is 0.265 e. The maximum absolute atomic E-state index is 12.6. The number of carbonyl (C=O) groups excluding carboxylic acids is 1. The Morgan fingerprint density at radius 3 is 2.46 bits per heavy atom. The van der Waals surface area contributed by atoms with Gasteiger partial charge in [0.1, 0.15) is 0 Å². The number of anilines is 1. The number of hydrogen-bond acceptors (Lipinski definition) is 4. The lowest BCUT2D eigenvalue weighted by molar-refractivity contribution is 0.0750. The van der Waals surface area contributed by atoms with Gasteiger partial charge >= 0.3 is 0 Å². The Morgan fingerprint density at radius 2 is 1.73 bits per heavy atom. The van der Waals surface area contributed by atoms with Crippen molar-refractivity contribution in [2.24, 2.45) is 0 Å². The van der Waals surface area contributed by atoms with Crippen LogP contribution in [0.15, 0.2) is 53.4 Å². The van der Waals surface area contributed by atoms with Gasteiger partial charge in [0.15, 0.2) is 0 Å². The van der Waals surface area contributed by atoms with Crippen molar-refractivity contribution in [1.82, 2.24) is 10.4 Å². The molecule has 1 saturated heterocycles. The monoisotopic (exact) mass is 393 g/mol. The van der Waals surface area contributed by atoms with E-state index in [-0.39, 0.29) is 22.1 Å². The Morgan fingerprint density at radius 1 is 1.00 bits per heavy atom. The molecule has 1 aliphatic rings. The number of halogens is 1. The zero-order valence-electron chi connectivity index (χ0n) is 14.1. The molecule has 0 unspecified atom stereocenters. The lowest BCUT2D eigenvalue weighted by Crippen LogP contribution is -2.45. The first kappa shape index (κ1) is 18.7. The number of hydrogen-bond donors (Lipinski definition) is 2. The highest BCUT2D eigenvalue weighted by atomic mass is 35.5. The molecule has 0 aliphatic carbocycles. The molecule has 1 aliphatic heterocycles. The largest absolute Gasteiger partial charge is 0.285 e. The summed E-state index contributed by atoms with van der Waals surface area (Å²) in [6, 6.07) is 12.5. The Kier molecular flexibility index (Phi) is 5.80. The first-order valence-electron chi connectivity index (χ1n) is 8.39. The van der Waals surface area contributed by atoms with Crippen molar-refractivity contribution in [3.8, 4) is 0 Å². The van der Waals surface area contributed by atoms with Crippen molar-refractivity contribution >= 4 is 33.2 Å². The fraction of sp³-hybridized carbons (Fsp3) is 0.278. The van der Waals surface area contributed by atoms with Gasteiger partial charge in [0.2, 0.25) is 0 Å². The van der Waals surface area contributed by atoms with E-state index >= 15 is 0 Å². The van der Waals surface area contributed by atoms with Gasteiger partial charge in [-0.1, -0.05) is 36.2 Å². The van der Waals surface area contributed by atoms with Crippen molar-refractivity contribution in [3.05, 3.63) is 59.1 Å². The van der Waals surface area contributed by atoms with Crippen LogP contribution >= 0.6 is 11.6 Å².